The molecule has 0 aliphatic carbocycles. The average molecular weight is 281 g/mol. The Bertz CT molecular complexity index is 572. The van der Waals surface area contributed by atoms with Crippen LogP contribution in [-0.4, -0.2) is 16.8 Å². The number of benzene rings is 2. The minimum atomic E-state index is 0.0940. The van der Waals surface area contributed by atoms with Crippen molar-refractivity contribution in [2.45, 2.75) is 39.8 Å². The van der Waals surface area contributed by atoms with Gasteiger partial charge < -0.3 is 4.90 Å². The lowest BCUT2D eigenvalue weighted by atomic mass is 10.1. The fourth-order valence-electron chi connectivity index (χ4n) is 2.32. The van der Waals surface area contributed by atoms with Gasteiger partial charge in [0.05, 0.1) is 0 Å². The predicted molar refractivity (Wildman–Crippen MR) is 87.3 cm³/mol. The summed E-state index contributed by atoms with van der Waals surface area (Å²) < 4.78 is 0. The highest BCUT2D eigenvalue weighted by atomic mass is 16.2. The van der Waals surface area contributed by atoms with Gasteiger partial charge in [0.1, 0.15) is 0 Å². The number of hydrogen-bond acceptors (Lipinski definition) is 1. The first-order valence-electron chi connectivity index (χ1n) is 7.55. The van der Waals surface area contributed by atoms with Crippen molar-refractivity contribution < 1.29 is 4.79 Å². The maximum Gasteiger partial charge on any atom is 0.254 e. The molecule has 0 spiro atoms. The SMILES string of the molecule is CCc1ccc(C(=O)N(Cc2ccccc2)C(C)C)cc1. The highest BCUT2D eigenvalue weighted by Gasteiger charge is 2.18. The van der Waals surface area contributed by atoms with Crippen molar-refractivity contribution in [3.05, 3.63) is 71.3 Å². The first-order chi connectivity index (χ1) is 10.1. The second kappa shape index (κ2) is 7.07. The average Bonchev–Trinajstić information content (AvgIpc) is 2.53. The van der Waals surface area contributed by atoms with Crippen LogP contribution in [0.25, 0.3) is 0 Å². The van der Waals surface area contributed by atoms with Crippen molar-refractivity contribution in [1.29, 1.82) is 0 Å². The number of nitrogens with zero attached hydrogens (tertiary/aromatic N) is 1. The van der Waals surface area contributed by atoms with Gasteiger partial charge in [-0.3, -0.25) is 4.79 Å². The molecule has 0 saturated carbocycles. The Morgan fingerprint density at radius 2 is 1.57 bits per heavy atom. The molecule has 0 radical (unpaired) electrons. The van der Waals surface area contributed by atoms with Crippen molar-refractivity contribution in [2.75, 3.05) is 0 Å². The lowest BCUT2D eigenvalue weighted by molar-refractivity contribution is 0.0690. The molecule has 0 saturated heterocycles. The summed E-state index contributed by atoms with van der Waals surface area (Å²) in [6, 6.07) is 18.2. The zero-order chi connectivity index (χ0) is 15.2. The van der Waals surface area contributed by atoms with Crippen LogP contribution in [-0.2, 0) is 13.0 Å². The maximum atomic E-state index is 12.7. The standard InChI is InChI=1S/C19H23NO/c1-4-16-10-12-18(13-11-16)19(21)20(15(2)3)14-17-8-6-5-7-9-17/h5-13,15H,4,14H2,1-3H3. The van der Waals surface area contributed by atoms with Crippen LogP contribution in [0.3, 0.4) is 0 Å². The summed E-state index contributed by atoms with van der Waals surface area (Å²) in [6.45, 7) is 6.88. The molecule has 0 unspecified atom stereocenters. The molecule has 0 aliphatic heterocycles. The third-order valence-electron chi connectivity index (χ3n) is 3.69. The summed E-state index contributed by atoms with van der Waals surface area (Å²) in [5.41, 5.74) is 3.17. The zero-order valence-electron chi connectivity index (χ0n) is 13.0. The number of hydrogen-bond donors (Lipinski definition) is 0. The van der Waals surface area contributed by atoms with Crippen LogP contribution in [0, 0.1) is 0 Å². The largest absolute Gasteiger partial charge is 0.332 e. The molecule has 0 aliphatic rings. The van der Waals surface area contributed by atoms with E-state index in [-0.39, 0.29) is 11.9 Å². The van der Waals surface area contributed by atoms with Crippen LogP contribution >= 0.6 is 0 Å². The highest BCUT2D eigenvalue weighted by Crippen LogP contribution is 2.14. The summed E-state index contributed by atoms with van der Waals surface area (Å²) in [7, 11) is 0. The molecule has 2 aromatic carbocycles. The van der Waals surface area contributed by atoms with Gasteiger partial charge in [-0.25, -0.2) is 0 Å². The number of amides is 1. The monoisotopic (exact) mass is 281 g/mol. The molecule has 0 heterocycles. The lowest BCUT2D eigenvalue weighted by Crippen LogP contribution is -2.36. The number of carbonyl (C=O) groups is 1. The van der Waals surface area contributed by atoms with Crippen LogP contribution in [0.4, 0.5) is 0 Å². The van der Waals surface area contributed by atoms with Gasteiger partial charge in [-0.1, -0.05) is 49.4 Å². The van der Waals surface area contributed by atoms with Gasteiger partial charge >= 0.3 is 0 Å². The molecule has 2 nitrogen and oxygen atoms in total. The fraction of sp³-hybridized carbons (Fsp3) is 0.316. The van der Waals surface area contributed by atoms with E-state index in [9.17, 15) is 4.79 Å². The van der Waals surface area contributed by atoms with Crippen LogP contribution in [0.5, 0.6) is 0 Å². The molecule has 2 heteroatoms. The van der Waals surface area contributed by atoms with Crippen molar-refractivity contribution in [3.8, 4) is 0 Å². The van der Waals surface area contributed by atoms with Gasteiger partial charge in [0.15, 0.2) is 0 Å². The Morgan fingerprint density at radius 1 is 0.952 bits per heavy atom. The number of aryl methyl sites for hydroxylation is 1. The number of rotatable bonds is 5. The van der Waals surface area contributed by atoms with E-state index < -0.39 is 0 Å². The quantitative estimate of drug-likeness (QED) is 0.800. The molecule has 21 heavy (non-hydrogen) atoms. The van der Waals surface area contributed by atoms with E-state index in [4.69, 9.17) is 0 Å². The van der Waals surface area contributed by atoms with E-state index in [0.29, 0.717) is 6.54 Å². The Balaban J connectivity index is 2.18. The molecule has 0 fully saturated rings. The molecular formula is C19H23NO. The summed E-state index contributed by atoms with van der Waals surface area (Å²) in [4.78, 5) is 14.6. The molecule has 110 valence electrons. The Labute approximate surface area is 127 Å². The third kappa shape index (κ3) is 3.94. The van der Waals surface area contributed by atoms with Crippen molar-refractivity contribution in [2.24, 2.45) is 0 Å². The van der Waals surface area contributed by atoms with E-state index in [2.05, 4.69) is 32.9 Å². The maximum absolute atomic E-state index is 12.7. The van der Waals surface area contributed by atoms with Gasteiger partial charge in [0.2, 0.25) is 0 Å². The van der Waals surface area contributed by atoms with Crippen LogP contribution in [0.15, 0.2) is 54.6 Å². The molecule has 2 aromatic rings. The molecule has 0 atom stereocenters. The van der Waals surface area contributed by atoms with E-state index in [0.717, 1.165) is 17.5 Å². The smallest absolute Gasteiger partial charge is 0.254 e. The summed E-state index contributed by atoms with van der Waals surface area (Å²) in [5.74, 6) is 0.0940. The van der Waals surface area contributed by atoms with Gasteiger partial charge in [-0.2, -0.15) is 0 Å². The normalized spacial score (nSPS) is 10.7. The first-order valence-corrected chi connectivity index (χ1v) is 7.55. The second-order valence-electron chi connectivity index (χ2n) is 5.56. The van der Waals surface area contributed by atoms with E-state index in [1.807, 2.05) is 47.4 Å². The first kappa shape index (κ1) is 15.3. The Morgan fingerprint density at radius 3 is 2.10 bits per heavy atom. The summed E-state index contributed by atoms with van der Waals surface area (Å²) >= 11 is 0. The van der Waals surface area contributed by atoms with Crippen LogP contribution in [0.1, 0.15) is 42.3 Å². The van der Waals surface area contributed by atoms with Gasteiger partial charge in [-0.15, -0.1) is 0 Å². The molecular weight excluding hydrogens is 258 g/mol. The van der Waals surface area contributed by atoms with Crippen molar-refractivity contribution >= 4 is 5.91 Å². The van der Waals surface area contributed by atoms with Gasteiger partial charge in [-0.05, 0) is 43.5 Å². The van der Waals surface area contributed by atoms with Crippen molar-refractivity contribution in [1.82, 2.24) is 4.90 Å². The third-order valence-corrected chi connectivity index (χ3v) is 3.69. The lowest BCUT2D eigenvalue weighted by Gasteiger charge is -2.27. The summed E-state index contributed by atoms with van der Waals surface area (Å²) in [5, 5.41) is 0. The Hall–Kier alpha value is -2.09. The molecule has 0 aromatic heterocycles. The van der Waals surface area contributed by atoms with Gasteiger partial charge in [0.25, 0.3) is 5.91 Å². The zero-order valence-corrected chi connectivity index (χ0v) is 13.0. The van der Waals surface area contributed by atoms with E-state index in [1.54, 1.807) is 0 Å². The minimum absolute atomic E-state index is 0.0940. The molecule has 0 N–H and O–H groups in total. The van der Waals surface area contributed by atoms with Crippen LogP contribution < -0.4 is 0 Å². The minimum Gasteiger partial charge on any atom is -0.332 e. The second-order valence-corrected chi connectivity index (χ2v) is 5.56. The van der Waals surface area contributed by atoms with Gasteiger partial charge in [0, 0.05) is 18.2 Å². The van der Waals surface area contributed by atoms with Crippen LogP contribution in [0.2, 0.25) is 0 Å². The topological polar surface area (TPSA) is 20.3 Å². The predicted octanol–water partition coefficient (Wildman–Crippen LogP) is 4.30. The summed E-state index contributed by atoms with van der Waals surface area (Å²) in [6.07, 6.45) is 0.992. The van der Waals surface area contributed by atoms with E-state index in [1.165, 1.54) is 5.56 Å². The molecule has 2 rings (SSSR count). The van der Waals surface area contributed by atoms with E-state index >= 15 is 0 Å². The number of carbonyl (C=O) groups excluding carboxylic acids is 1. The molecule has 0 bridgehead atoms. The fourth-order valence-corrected chi connectivity index (χ4v) is 2.32. The van der Waals surface area contributed by atoms with Crippen molar-refractivity contribution in [3.63, 3.8) is 0 Å². The Kier molecular flexibility index (Phi) is 5.15. The highest BCUT2D eigenvalue weighted by molar-refractivity contribution is 5.94. The molecule has 1 amide bonds.